The molecular formula is C18H26O4Si. The molecule has 1 aromatic rings. The van der Waals surface area contributed by atoms with Crippen molar-refractivity contribution < 1.29 is 18.7 Å². The van der Waals surface area contributed by atoms with E-state index < -0.39 is 14.5 Å². The standard InChI is InChI=1S/C18H26O4Si/c1-7-13-20-17(19)21-14-16(15-11-9-8-10-12-15)22-23(5,6)18(2,3)4/h7-12,14H,1,13H2,2-6H3/b16-14-. The molecule has 0 aliphatic heterocycles. The minimum atomic E-state index is -2.06. The third-order valence-corrected chi connectivity index (χ3v) is 8.15. The van der Waals surface area contributed by atoms with Crippen LogP contribution in [0.2, 0.25) is 18.1 Å². The van der Waals surface area contributed by atoms with Crippen molar-refractivity contribution in [3.8, 4) is 0 Å². The average molecular weight is 334 g/mol. The molecule has 0 aliphatic carbocycles. The zero-order chi connectivity index (χ0) is 17.5. The molecule has 0 atom stereocenters. The summed E-state index contributed by atoms with van der Waals surface area (Å²) in [6.45, 7) is 14.3. The Bertz CT molecular complexity index is 556. The van der Waals surface area contributed by atoms with Gasteiger partial charge in [0.25, 0.3) is 8.32 Å². The van der Waals surface area contributed by atoms with Crippen LogP contribution in [-0.4, -0.2) is 21.1 Å². The maximum absolute atomic E-state index is 11.5. The Morgan fingerprint density at radius 3 is 2.35 bits per heavy atom. The van der Waals surface area contributed by atoms with Crippen molar-refractivity contribution in [3.05, 3.63) is 54.8 Å². The Balaban J connectivity index is 2.99. The molecule has 0 N–H and O–H groups in total. The van der Waals surface area contributed by atoms with Crippen LogP contribution >= 0.6 is 0 Å². The predicted molar refractivity (Wildman–Crippen MR) is 95.3 cm³/mol. The van der Waals surface area contributed by atoms with Crippen molar-refractivity contribution in [2.45, 2.75) is 38.9 Å². The van der Waals surface area contributed by atoms with E-state index in [0.717, 1.165) is 5.56 Å². The molecule has 5 heteroatoms. The van der Waals surface area contributed by atoms with Crippen LogP contribution < -0.4 is 0 Å². The van der Waals surface area contributed by atoms with Crippen molar-refractivity contribution in [1.29, 1.82) is 0 Å². The molecule has 0 saturated heterocycles. The summed E-state index contributed by atoms with van der Waals surface area (Å²) in [7, 11) is -2.06. The van der Waals surface area contributed by atoms with E-state index >= 15 is 0 Å². The van der Waals surface area contributed by atoms with Crippen LogP contribution in [0.3, 0.4) is 0 Å². The highest BCUT2D eigenvalue weighted by Crippen LogP contribution is 2.39. The van der Waals surface area contributed by atoms with E-state index in [2.05, 4.69) is 40.4 Å². The molecular weight excluding hydrogens is 308 g/mol. The summed E-state index contributed by atoms with van der Waals surface area (Å²) >= 11 is 0. The average Bonchev–Trinajstić information content (AvgIpc) is 2.49. The Labute approximate surface area is 139 Å². The summed E-state index contributed by atoms with van der Waals surface area (Å²) in [5, 5.41) is 0.0320. The minimum Gasteiger partial charge on any atom is -0.541 e. The van der Waals surface area contributed by atoms with Gasteiger partial charge in [0, 0.05) is 5.56 Å². The fourth-order valence-corrected chi connectivity index (χ4v) is 2.47. The summed E-state index contributed by atoms with van der Waals surface area (Å²) < 4.78 is 16.1. The number of rotatable bonds is 6. The molecule has 0 heterocycles. The van der Waals surface area contributed by atoms with E-state index in [1.807, 2.05) is 30.3 Å². The van der Waals surface area contributed by atoms with Gasteiger partial charge in [0.05, 0.1) is 0 Å². The monoisotopic (exact) mass is 334 g/mol. The highest BCUT2D eigenvalue weighted by atomic mass is 28.4. The maximum atomic E-state index is 11.5. The number of ether oxygens (including phenoxy) is 2. The van der Waals surface area contributed by atoms with Gasteiger partial charge in [-0.1, -0.05) is 63.8 Å². The fourth-order valence-electron chi connectivity index (χ4n) is 1.44. The maximum Gasteiger partial charge on any atom is 0.513 e. The van der Waals surface area contributed by atoms with Crippen LogP contribution in [0.1, 0.15) is 26.3 Å². The molecule has 0 aliphatic rings. The van der Waals surface area contributed by atoms with Gasteiger partial charge < -0.3 is 13.9 Å². The molecule has 0 radical (unpaired) electrons. The van der Waals surface area contributed by atoms with E-state index in [1.54, 1.807) is 0 Å². The third-order valence-electron chi connectivity index (χ3n) is 3.81. The van der Waals surface area contributed by atoms with E-state index in [9.17, 15) is 4.79 Å². The predicted octanol–water partition coefficient (Wildman–Crippen LogP) is 5.35. The molecule has 0 amide bonds. The first kappa shape index (κ1) is 19.0. The number of hydrogen-bond donors (Lipinski definition) is 0. The molecule has 0 spiro atoms. The quantitative estimate of drug-likeness (QED) is 0.304. The molecule has 126 valence electrons. The summed E-state index contributed by atoms with van der Waals surface area (Å²) in [5.74, 6) is 0.535. The highest BCUT2D eigenvalue weighted by molar-refractivity contribution is 6.74. The molecule has 0 aromatic heterocycles. The number of carbonyl (C=O) groups excluding carboxylic acids is 1. The second-order valence-electron chi connectivity index (χ2n) is 6.68. The summed E-state index contributed by atoms with van der Waals surface area (Å²) in [4.78, 5) is 11.5. The van der Waals surface area contributed by atoms with E-state index in [0.29, 0.717) is 5.76 Å². The minimum absolute atomic E-state index is 0.0320. The molecule has 0 saturated carbocycles. The Kier molecular flexibility index (Phi) is 6.63. The molecule has 0 fully saturated rings. The first-order valence-corrected chi connectivity index (χ1v) is 10.5. The van der Waals surface area contributed by atoms with Crippen molar-refractivity contribution >= 4 is 20.2 Å². The lowest BCUT2D eigenvalue weighted by Gasteiger charge is -2.37. The molecule has 1 aromatic carbocycles. The fraction of sp³-hybridized carbons (Fsp3) is 0.389. The van der Waals surface area contributed by atoms with Crippen LogP contribution in [0.5, 0.6) is 0 Å². The smallest absolute Gasteiger partial charge is 0.513 e. The Morgan fingerprint density at radius 2 is 1.83 bits per heavy atom. The van der Waals surface area contributed by atoms with Crippen LogP contribution in [0.15, 0.2) is 49.2 Å². The van der Waals surface area contributed by atoms with Gasteiger partial charge in [-0.05, 0) is 18.1 Å². The van der Waals surface area contributed by atoms with Gasteiger partial charge in [-0.2, -0.15) is 0 Å². The normalized spacial score (nSPS) is 12.5. The third kappa shape index (κ3) is 5.94. The summed E-state index contributed by atoms with van der Waals surface area (Å²) in [5.41, 5.74) is 0.855. The van der Waals surface area contributed by atoms with Crippen LogP contribution in [0.25, 0.3) is 5.76 Å². The SMILES string of the molecule is C=CCOC(=O)O/C=C(\O[Si](C)(C)C(C)(C)C)c1ccccc1. The Morgan fingerprint density at radius 1 is 1.22 bits per heavy atom. The molecule has 0 bridgehead atoms. The van der Waals surface area contributed by atoms with E-state index in [1.165, 1.54) is 12.3 Å². The van der Waals surface area contributed by atoms with Gasteiger partial charge in [0.2, 0.25) is 0 Å². The lowest BCUT2D eigenvalue weighted by atomic mass is 10.2. The zero-order valence-corrected chi connectivity index (χ0v) is 15.6. The van der Waals surface area contributed by atoms with Crippen LogP contribution in [-0.2, 0) is 13.9 Å². The van der Waals surface area contributed by atoms with Crippen molar-refractivity contribution in [2.24, 2.45) is 0 Å². The van der Waals surface area contributed by atoms with Gasteiger partial charge in [-0.25, -0.2) is 4.79 Å². The molecule has 0 unspecified atom stereocenters. The van der Waals surface area contributed by atoms with Crippen molar-refractivity contribution in [1.82, 2.24) is 0 Å². The summed E-state index contributed by atoms with van der Waals surface area (Å²) in [6, 6.07) is 9.57. The van der Waals surface area contributed by atoms with E-state index in [4.69, 9.17) is 13.9 Å². The highest BCUT2D eigenvalue weighted by Gasteiger charge is 2.39. The summed E-state index contributed by atoms with van der Waals surface area (Å²) in [6.07, 6.45) is 2.02. The topological polar surface area (TPSA) is 44.8 Å². The van der Waals surface area contributed by atoms with Crippen molar-refractivity contribution in [3.63, 3.8) is 0 Å². The second kappa shape index (κ2) is 8.01. The van der Waals surface area contributed by atoms with Crippen LogP contribution in [0, 0.1) is 0 Å². The molecule has 4 nitrogen and oxygen atoms in total. The lowest BCUT2D eigenvalue weighted by Crippen LogP contribution is -2.40. The zero-order valence-electron chi connectivity index (χ0n) is 14.6. The Hall–Kier alpha value is -2.01. The number of hydrogen-bond acceptors (Lipinski definition) is 4. The molecule has 23 heavy (non-hydrogen) atoms. The first-order valence-electron chi connectivity index (χ1n) is 7.56. The van der Waals surface area contributed by atoms with Gasteiger partial charge >= 0.3 is 6.16 Å². The van der Waals surface area contributed by atoms with E-state index in [-0.39, 0.29) is 11.6 Å². The first-order chi connectivity index (χ1) is 10.7. The van der Waals surface area contributed by atoms with Gasteiger partial charge in [0.15, 0.2) is 0 Å². The van der Waals surface area contributed by atoms with Gasteiger partial charge in [-0.15, -0.1) is 0 Å². The van der Waals surface area contributed by atoms with Crippen LogP contribution in [0.4, 0.5) is 4.79 Å². The van der Waals surface area contributed by atoms with Gasteiger partial charge in [0.1, 0.15) is 18.6 Å². The molecule has 1 rings (SSSR count). The second-order valence-corrected chi connectivity index (χ2v) is 11.4. The number of benzene rings is 1. The lowest BCUT2D eigenvalue weighted by molar-refractivity contribution is 0.0938. The largest absolute Gasteiger partial charge is 0.541 e. The number of carbonyl (C=O) groups is 1. The van der Waals surface area contributed by atoms with Gasteiger partial charge in [-0.3, -0.25) is 0 Å². The van der Waals surface area contributed by atoms with Crippen molar-refractivity contribution in [2.75, 3.05) is 6.61 Å².